The van der Waals surface area contributed by atoms with Gasteiger partial charge in [0.2, 0.25) is 5.60 Å². The van der Waals surface area contributed by atoms with Crippen molar-refractivity contribution in [2.24, 2.45) is 4.99 Å². The Bertz CT molecular complexity index is 1300. The number of carbonyl (C=O) groups is 2. The number of rotatable bonds is 6. The number of benzene rings is 1. The Morgan fingerprint density at radius 1 is 1.21 bits per heavy atom. The molecule has 1 aliphatic carbocycles. The van der Waals surface area contributed by atoms with Crippen molar-refractivity contribution in [3.05, 3.63) is 76.0 Å². The molecular weight excluding hydrogens is 500 g/mol. The number of aliphatic imine (C=N–C) groups is 1. The summed E-state index contributed by atoms with van der Waals surface area (Å²) in [5.41, 5.74) is 3.18. The zero-order valence-corrected chi connectivity index (χ0v) is 20.4. The molecule has 0 N–H and O–H groups in total. The number of nitrogens with zero attached hydrogens (tertiary/aromatic N) is 4. The molecule has 0 saturated heterocycles. The van der Waals surface area contributed by atoms with Crippen LogP contribution in [0.3, 0.4) is 0 Å². The molecule has 3 heterocycles. The van der Waals surface area contributed by atoms with Gasteiger partial charge < -0.3 is 9.47 Å². The number of esters is 2. The predicted molar refractivity (Wildman–Crippen MR) is 128 cm³/mol. The van der Waals surface area contributed by atoms with Crippen molar-refractivity contribution in [2.45, 2.75) is 44.2 Å². The van der Waals surface area contributed by atoms with Crippen molar-refractivity contribution in [2.75, 3.05) is 7.11 Å². The topological polar surface area (TPSA) is 95.7 Å². The highest BCUT2D eigenvalue weighted by Gasteiger charge is 2.55. The summed E-state index contributed by atoms with van der Waals surface area (Å²) in [4.78, 5) is 38.9. The van der Waals surface area contributed by atoms with Crippen molar-refractivity contribution in [1.82, 2.24) is 14.5 Å². The second-order valence-electron chi connectivity index (χ2n) is 8.46. The smallest absolute Gasteiger partial charge is 0.350 e. The summed E-state index contributed by atoms with van der Waals surface area (Å²) in [6.07, 6.45) is 4.99. The van der Waals surface area contributed by atoms with Crippen LogP contribution in [0.4, 0.5) is 0 Å². The number of fused-ring (bicyclic) bond motifs is 3. The van der Waals surface area contributed by atoms with Crippen LogP contribution in [0.5, 0.6) is 0 Å². The average Bonchev–Trinajstić information content (AvgIpc) is 3.55. The van der Waals surface area contributed by atoms with Gasteiger partial charge in [0.1, 0.15) is 11.9 Å². The number of halogens is 1. The van der Waals surface area contributed by atoms with Gasteiger partial charge in [-0.15, -0.1) is 0 Å². The highest BCUT2D eigenvalue weighted by Crippen LogP contribution is 2.41. The van der Waals surface area contributed by atoms with Crippen molar-refractivity contribution < 1.29 is 19.1 Å². The normalized spacial score (nSPS) is 17.6. The van der Waals surface area contributed by atoms with Crippen molar-refractivity contribution in [1.29, 1.82) is 0 Å². The van der Waals surface area contributed by atoms with E-state index in [9.17, 15) is 9.59 Å². The van der Waals surface area contributed by atoms with Crippen LogP contribution in [-0.4, -0.2) is 44.9 Å². The lowest BCUT2D eigenvalue weighted by Gasteiger charge is -2.16. The number of hydrogen-bond donors (Lipinski definition) is 0. The molecule has 5 rings (SSSR count). The van der Waals surface area contributed by atoms with Crippen molar-refractivity contribution >= 4 is 33.6 Å². The zero-order valence-electron chi connectivity index (χ0n) is 18.8. The second-order valence-corrected chi connectivity index (χ2v) is 9.38. The molecule has 2 aliphatic rings. The summed E-state index contributed by atoms with van der Waals surface area (Å²) >= 11 is 3.58. The second kappa shape index (κ2) is 8.79. The molecule has 1 aromatic carbocycles. The van der Waals surface area contributed by atoms with Gasteiger partial charge in [-0.2, -0.15) is 0 Å². The molecule has 8 nitrogen and oxygen atoms in total. The molecule has 0 amide bonds. The summed E-state index contributed by atoms with van der Waals surface area (Å²) in [7, 11) is 1.30. The molecule has 1 aliphatic heterocycles. The minimum absolute atomic E-state index is 0.0916. The van der Waals surface area contributed by atoms with Gasteiger partial charge >= 0.3 is 11.9 Å². The number of imidazole rings is 1. The first-order chi connectivity index (χ1) is 16.4. The molecule has 0 spiro atoms. The number of aromatic nitrogens is 3. The lowest BCUT2D eigenvalue weighted by molar-refractivity contribution is -0.169. The number of hydrogen-bond acceptors (Lipinski definition) is 7. The van der Waals surface area contributed by atoms with E-state index in [-0.39, 0.29) is 6.42 Å². The molecule has 174 valence electrons. The van der Waals surface area contributed by atoms with E-state index >= 15 is 0 Å². The number of ether oxygens (including phenoxy) is 2. The van der Waals surface area contributed by atoms with Crippen molar-refractivity contribution in [3.63, 3.8) is 0 Å². The van der Waals surface area contributed by atoms with E-state index in [1.54, 1.807) is 6.20 Å². The van der Waals surface area contributed by atoms with Crippen molar-refractivity contribution in [3.8, 4) is 5.69 Å². The molecule has 3 aromatic rings. The molecule has 0 unspecified atom stereocenters. The highest BCUT2D eigenvalue weighted by molar-refractivity contribution is 9.10. The third-order valence-corrected chi connectivity index (χ3v) is 6.60. The van der Waals surface area contributed by atoms with Gasteiger partial charge in [0.25, 0.3) is 0 Å². The summed E-state index contributed by atoms with van der Waals surface area (Å²) in [6, 6.07) is 11.3. The Hall–Kier alpha value is -3.33. The zero-order chi connectivity index (χ0) is 23.9. The van der Waals surface area contributed by atoms with Crippen LogP contribution in [-0.2, 0) is 19.1 Å². The Balaban J connectivity index is 1.51. The van der Waals surface area contributed by atoms with Crippen LogP contribution in [0.15, 0.2) is 58.3 Å². The monoisotopic (exact) mass is 522 g/mol. The molecule has 2 aromatic heterocycles. The van der Waals surface area contributed by atoms with Crippen LogP contribution in [0, 0.1) is 6.92 Å². The molecule has 1 fully saturated rings. The van der Waals surface area contributed by atoms with Crippen LogP contribution >= 0.6 is 15.9 Å². The number of aryl methyl sites for hydroxylation is 1. The lowest BCUT2D eigenvalue weighted by Crippen LogP contribution is -2.30. The van der Waals surface area contributed by atoms with Crippen LogP contribution in [0.2, 0.25) is 0 Å². The first kappa shape index (κ1) is 22.5. The summed E-state index contributed by atoms with van der Waals surface area (Å²) in [6.45, 7) is 1.99. The third kappa shape index (κ3) is 4.04. The Labute approximate surface area is 205 Å². The molecule has 0 radical (unpaired) electrons. The number of pyridine rings is 1. The standard InChI is InChI=1S/C25H23BrN4O4/c1-15-14-28-23-19(7-9-21(31)34-25(10-11-25)24(32)33-2)29-22(18-5-3-4-12-27-18)17-13-16(26)6-8-20(17)30(15)23/h3-6,8,12-14,19H,7,9-11H2,1-2H3/t19-/m0/s1. The first-order valence-corrected chi connectivity index (χ1v) is 11.9. The average molecular weight is 523 g/mol. The van der Waals surface area contributed by atoms with E-state index in [0.29, 0.717) is 19.3 Å². The largest absolute Gasteiger partial charge is 0.466 e. The predicted octanol–water partition coefficient (Wildman–Crippen LogP) is 4.26. The molecule has 1 atom stereocenters. The Kier molecular flexibility index (Phi) is 5.81. The van der Waals surface area contributed by atoms with E-state index in [0.717, 1.165) is 38.6 Å². The molecule has 1 saturated carbocycles. The maximum absolute atomic E-state index is 12.7. The molecular formula is C25H23BrN4O4. The quantitative estimate of drug-likeness (QED) is 0.448. The van der Waals surface area contributed by atoms with Gasteiger partial charge in [-0.1, -0.05) is 22.0 Å². The molecule has 0 bridgehead atoms. The van der Waals surface area contributed by atoms with Gasteiger partial charge in [0.15, 0.2) is 0 Å². The Morgan fingerprint density at radius 3 is 2.74 bits per heavy atom. The minimum atomic E-state index is -1.12. The van der Waals surface area contributed by atoms with Crippen LogP contribution < -0.4 is 0 Å². The van der Waals surface area contributed by atoms with Gasteiger partial charge in [-0.05, 0) is 43.7 Å². The van der Waals surface area contributed by atoms with Gasteiger partial charge in [0, 0.05) is 47.4 Å². The van der Waals surface area contributed by atoms with E-state index in [1.807, 2.05) is 49.5 Å². The van der Waals surface area contributed by atoms with Crippen LogP contribution in [0.25, 0.3) is 5.69 Å². The lowest BCUT2D eigenvalue weighted by atomic mass is 10.0. The summed E-state index contributed by atoms with van der Waals surface area (Å²) < 4.78 is 13.3. The third-order valence-electron chi connectivity index (χ3n) is 6.10. The SMILES string of the molecule is COC(=O)C1(OC(=O)CC[C@@H]2N=C(c3ccccn3)c3cc(Br)ccc3-n3c(C)cnc32)CC1. The number of methoxy groups -OCH3 is 1. The maximum Gasteiger partial charge on any atom is 0.350 e. The summed E-state index contributed by atoms with van der Waals surface area (Å²) in [5, 5.41) is 0. The van der Waals surface area contributed by atoms with Crippen LogP contribution in [0.1, 0.15) is 54.5 Å². The van der Waals surface area contributed by atoms with Gasteiger partial charge in [-0.3, -0.25) is 19.3 Å². The van der Waals surface area contributed by atoms with E-state index in [4.69, 9.17) is 14.5 Å². The van der Waals surface area contributed by atoms with E-state index < -0.39 is 23.6 Å². The minimum Gasteiger partial charge on any atom is -0.466 e. The highest BCUT2D eigenvalue weighted by atomic mass is 79.9. The van der Waals surface area contributed by atoms with E-state index in [2.05, 4.69) is 30.5 Å². The number of carbonyl (C=O) groups excluding carboxylic acids is 2. The molecule has 34 heavy (non-hydrogen) atoms. The maximum atomic E-state index is 12.7. The van der Waals surface area contributed by atoms with Gasteiger partial charge in [0.05, 0.1) is 24.2 Å². The molecule has 9 heteroatoms. The van der Waals surface area contributed by atoms with E-state index in [1.165, 1.54) is 7.11 Å². The first-order valence-electron chi connectivity index (χ1n) is 11.1. The summed E-state index contributed by atoms with van der Waals surface area (Å²) in [5.74, 6) is -0.205. The fraction of sp³-hybridized carbons (Fsp3) is 0.320. The fourth-order valence-corrected chi connectivity index (χ4v) is 4.61. The van der Waals surface area contributed by atoms with Gasteiger partial charge in [-0.25, -0.2) is 9.78 Å². The fourth-order valence-electron chi connectivity index (χ4n) is 4.25. The Morgan fingerprint density at radius 2 is 2.03 bits per heavy atom.